The van der Waals surface area contributed by atoms with Crippen molar-refractivity contribution in [3.8, 4) is 0 Å². The minimum atomic E-state index is -1.12. The summed E-state index contributed by atoms with van der Waals surface area (Å²) >= 11 is 0. The molecule has 0 bridgehead atoms. The fourth-order valence-electron chi connectivity index (χ4n) is 3.11. The van der Waals surface area contributed by atoms with Crippen LogP contribution in [0.1, 0.15) is 0 Å². The molecule has 9 nitrogen and oxygen atoms in total. The second kappa shape index (κ2) is 5.59. The third kappa shape index (κ3) is 2.25. The maximum Gasteiger partial charge on any atom is 0.329 e. The van der Waals surface area contributed by atoms with Gasteiger partial charge in [-0.3, -0.25) is 9.20 Å². The number of aromatic nitrogens is 3. The van der Waals surface area contributed by atoms with Gasteiger partial charge >= 0.3 is 12.0 Å². The van der Waals surface area contributed by atoms with Crippen molar-refractivity contribution < 1.29 is 14.7 Å². The molecule has 0 fully saturated rings. The topological polar surface area (TPSA) is 129 Å². The number of hydrogen-bond acceptors (Lipinski definition) is 4. The van der Waals surface area contributed by atoms with Gasteiger partial charge in [0.15, 0.2) is 0 Å². The summed E-state index contributed by atoms with van der Waals surface area (Å²) in [4.78, 5) is 42.0. The quantitative estimate of drug-likeness (QED) is 0.422. The normalized spacial score (nSPS) is 12.1. The number of carboxylic acids is 1. The molecule has 9 heteroatoms. The first-order chi connectivity index (χ1) is 12.5. The number of urea groups is 1. The van der Waals surface area contributed by atoms with E-state index in [0.29, 0.717) is 32.7 Å². The number of carboxylic acid groups (broad SMARTS) is 1. The number of carbonyl (C=O) groups is 2. The maximum atomic E-state index is 12.2. The van der Waals surface area contributed by atoms with Gasteiger partial charge in [-0.05, 0) is 17.5 Å². The van der Waals surface area contributed by atoms with Crippen LogP contribution in [0, 0.1) is 0 Å². The predicted octanol–water partition coefficient (Wildman–Crippen LogP) is 0.664. The van der Waals surface area contributed by atoms with E-state index in [0.717, 1.165) is 6.08 Å². The number of benzene rings is 1. The van der Waals surface area contributed by atoms with Gasteiger partial charge in [-0.25, -0.2) is 14.6 Å². The molecule has 0 radical (unpaired) electrons. The lowest BCUT2D eigenvalue weighted by Crippen LogP contribution is -2.24. The van der Waals surface area contributed by atoms with Crippen LogP contribution in [-0.2, 0) is 4.79 Å². The molecule has 4 aromatic rings. The van der Waals surface area contributed by atoms with Gasteiger partial charge in [0, 0.05) is 41.8 Å². The van der Waals surface area contributed by atoms with Crippen LogP contribution in [0.5, 0.6) is 0 Å². The number of rotatable bonds is 2. The molecule has 4 N–H and O–H groups in total. The molecule has 0 saturated heterocycles. The molecule has 2 aromatic heterocycles. The van der Waals surface area contributed by atoms with Crippen LogP contribution in [0.25, 0.3) is 33.5 Å². The Morgan fingerprint density at radius 2 is 2.12 bits per heavy atom. The van der Waals surface area contributed by atoms with Crippen molar-refractivity contribution in [3.05, 3.63) is 46.2 Å². The van der Waals surface area contributed by atoms with Gasteiger partial charge in [0.05, 0.1) is 11.0 Å². The third-order valence-corrected chi connectivity index (χ3v) is 4.15. The van der Waals surface area contributed by atoms with Crippen LogP contribution in [0.4, 0.5) is 10.5 Å². The first-order valence-corrected chi connectivity index (χ1v) is 7.67. The van der Waals surface area contributed by atoms with Gasteiger partial charge in [0.2, 0.25) is 5.65 Å². The number of H-pyrrole nitrogens is 1. The van der Waals surface area contributed by atoms with E-state index in [-0.39, 0.29) is 11.2 Å². The van der Waals surface area contributed by atoms with E-state index < -0.39 is 12.0 Å². The zero-order valence-electron chi connectivity index (χ0n) is 13.5. The van der Waals surface area contributed by atoms with Gasteiger partial charge in [0.1, 0.15) is 0 Å². The highest BCUT2D eigenvalue weighted by Crippen LogP contribution is 2.25. The lowest BCUT2D eigenvalue weighted by Gasteiger charge is -2.04. The fourth-order valence-corrected chi connectivity index (χ4v) is 3.11. The van der Waals surface area contributed by atoms with Crippen molar-refractivity contribution in [1.82, 2.24) is 19.7 Å². The molecule has 0 aliphatic rings. The molecular formula is C17H13N5O4. The van der Waals surface area contributed by atoms with Crippen LogP contribution < -0.4 is 21.4 Å². The number of imidazole rings is 1. The minimum Gasteiger partial charge on any atom is -0.478 e. The SMILES string of the molecule is CNC(=O)Nc1ccc2c(c1)/c(=C\C(=O)O)c1c2[nH]c(=O)c2nccn21. The molecule has 0 aliphatic carbocycles. The summed E-state index contributed by atoms with van der Waals surface area (Å²) in [7, 11) is 1.49. The van der Waals surface area contributed by atoms with E-state index in [2.05, 4.69) is 20.6 Å². The van der Waals surface area contributed by atoms with Crippen LogP contribution in [0.2, 0.25) is 0 Å². The summed E-state index contributed by atoms with van der Waals surface area (Å²) in [6.07, 6.45) is 4.16. The molecular weight excluding hydrogens is 338 g/mol. The molecule has 0 saturated carbocycles. The Hall–Kier alpha value is -3.88. The Balaban J connectivity index is 2.18. The van der Waals surface area contributed by atoms with E-state index in [1.807, 2.05) is 0 Å². The van der Waals surface area contributed by atoms with Crippen molar-refractivity contribution in [2.75, 3.05) is 12.4 Å². The molecule has 2 amide bonds. The van der Waals surface area contributed by atoms with E-state index in [1.165, 1.54) is 13.2 Å². The van der Waals surface area contributed by atoms with Crippen molar-refractivity contribution in [2.24, 2.45) is 0 Å². The lowest BCUT2D eigenvalue weighted by atomic mass is 10.2. The maximum absolute atomic E-state index is 12.2. The first-order valence-electron chi connectivity index (χ1n) is 7.67. The van der Waals surface area contributed by atoms with Gasteiger partial charge in [-0.1, -0.05) is 6.07 Å². The molecule has 26 heavy (non-hydrogen) atoms. The van der Waals surface area contributed by atoms with E-state index in [4.69, 9.17) is 0 Å². The second-order valence-electron chi connectivity index (χ2n) is 5.66. The molecule has 2 aromatic carbocycles. The Kier molecular flexibility index (Phi) is 3.36. The number of carbonyl (C=O) groups excluding carboxylic acids is 1. The molecule has 0 spiro atoms. The van der Waals surface area contributed by atoms with Crippen LogP contribution in [0.15, 0.2) is 35.4 Å². The summed E-state index contributed by atoms with van der Waals surface area (Å²) in [5.74, 6) is -1.12. The van der Waals surface area contributed by atoms with E-state index in [9.17, 15) is 19.5 Å². The van der Waals surface area contributed by atoms with Gasteiger partial charge < -0.3 is 20.7 Å². The largest absolute Gasteiger partial charge is 0.478 e. The van der Waals surface area contributed by atoms with Gasteiger partial charge in [-0.2, -0.15) is 0 Å². The average Bonchev–Trinajstić information content (AvgIpc) is 3.19. The number of fused-ring (bicyclic) bond motifs is 5. The number of hydrogen-bond donors (Lipinski definition) is 4. The van der Waals surface area contributed by atoms with Crippen LogP contribution in [-0.4, -0.2) is 38.5 Å². The van der Waals surface area contributed by atoms with Gasteiger partial charge in [0.25, 0.3) is 5.56 Å². The summed E-state index contributed by atoms with van der Waals surface area (Å²) in [6.45, 7) is 0. The predicted molar refractivity (Wildman–Crippen MR) is 96.2 cm³/mol. The summed E-state index contributed by atoms with van der Waals surface area (Å²) in [6, 6.07) is 4.67. The summed E-state index contributed by atoms with van der Waals surface area (Å²) in [5, 5.41) is 16.1. The molecule has 0 aliphatic heterocycles. The highest BCUT2D eigenvalue weighted by atomic mass is 16.4. The van der Waals surface area contributed by atoms with E-state index in [1.54, 1.807) is 28.8 Å². The van der Waals surface area contributed by atoms with Gasteiger partial charge in [-0.15, -0.1) is 0 Å². The zero-order valence-corrected chi connectivity index (χ0v) is 13.5. The third-order valence-electron chi connectivity index (χ3n) is 4.15. The van der Waals surface area contributed by atoms with Crippen molar-refractivity contribution in [3.63, 3.8) is 0 Å². The monoisotopic (exact) mass is 351 g/mol. The highest BCUT2D eigenvalue weighted by Gasteiger charge is 2.15. The van der Waals surface area contributed by atoms with Crippen molar-refractivity contribution in [2.45, 2.75) is 0 Å². The molecule has 4 rings (SSSR count). The highest BCUT2D eigenvalue weighted by molar-refractivity contribution is 6.14. The summed E-state index contributed by atoms with van der Waals surface area (Å²) in [5.41, 5.74) is 1.35. The van der Waals surface area contributed by atoms with Crippen molar-refractivity contribution in [1.29, 1.82) is 0 Å². The fraction of sp³-hybridized carbons (Fsp3) is 0.0588. The van der Waals surface area contributed by atoms with Crippen LogP contribution in [0.3, 0.4) is 0 Å². The zero-order chi connectivity index (χ0) is 18.4. The number of aromatic amines is 1. The molecule has 0 unspecified atom stereocenters. The minimum absolute atomic E-state index is 0.177. The Morgan fingerprint density at radius 3 is 2.85 bits per heavy atom. The van der Waals surface area contributed by atoms with Crippen LogP contribution >= 0.6 is 0 Å². The lowest BCUT2D eigenvalue weighted by molar-refractivity contribution is -0.129. The number of anilines is 1. The first kappa shape index (κ1) is 15.6. The average molecular weight is 351 g/mol. The van der Waals surface area contributed by atoms with Crippen molar-refractivity contribution >= 4 is 51.2 Å². The second-order valence-corrected chi connectivity index (χ2v) is 5.66. The number of nitrogens with zero attached hydrogens (tertiary/aromatic N) is 2. The smallest absolute Gasteiger partial charge is 0.329 e. The molecule has 130 valence electrons. The number of amides is 2. The standard InChI is InChI=1S/C17H13N5O4/c1-18-17(26)20-8-2-3-9-10(6-8)11(7-12(23)24)14-13(9)21-16(25)15-19-4-5-22(14)15/h2-7H,1H3,(H,21,25)(H,23,24)(H2,18,20,26)/b11-7+. The molecule has 2 heterocycles. The Bertz CT molecular complexity index is 1320. The van der Waals surface area contributed by atoms with E-state index >= 15 is 0 Å². The Labute approximate surface area is 144 Å². The number of nitrogens with one attached hydrogen (secondary N) is 3. The summed E-state index contributed by atoms with van der Waals surface area (Å²) < 4.78 is 1.56. The Morgan fingerprint density at radius 1 is 1.31 bits per heavy atom. The molecule has 0 atom stereocenters. The number of aliphatic carboxylic acids is 1.